The average Bonchev–Trinajstić information content (AvgIpc) is 3.65. The standard InChI is InChI=1S/C39H46N4O3/c1-39(2,3)46-38(44)34-17-16-29(25-36(34)45-30-24-28-18-19-41(4)37(28)40-26-30)42-20-22-43(23-21-42)35-15-8-7-12-32-31(13-9-14-33(32)35)27-10-5-6-11-27/h9-10,13-14,16-19,24-26,35H,5-8,11-12,15,20-23H2,1-4H3. The van der Waals surface area contributed by atoms with E-state index in [0.717, 1.165) is 42.9 Å². The summed E-state index contributed by atoms with van der Waals surface area (Å²) < 4.78 is 14.1. The molecule has 46 heavy (non-hydrogen) atoms. The van der Waals surface area contributed by atoms with Crippen molar-refractivity contribution >= 4 is 28.3 Å². The maximum absolute atomic E-state index is 13.3. The quantitative estimate of drug-likeness (QED) is 0.160. The Kier molecular flexibility index (Phi) is 8.36. The second-order valence-corrected chi connectivity index (χ2v) is 14.1. The Morgan fingerprint density at radius 1 is 0.957 bits per heavy atom. The maximum atomic E-state index is 13.3. The van der Waals surface area contributed by atoms with Crippen molar-refractivity contribution in [2.75, 3.05) is 31.1 Å². The number of rotatable bonds is 6. The number of aromatic nitrogens is 2. The molecular formula is C39H46N4O3. The van der Waals surface area contributed by atoms with E-state index < -0.39 is 11.6 Å². The van der Waals surface area contributed by atoms with Crippen LogP contribution in [0.1, 0.15) is 92.4 Å². The first-order valence-electron chi connectivity index (χ1n) is 17.0. The largest absolute Gasteiger partial charge is 0.456 e. The van der Waals surface area contributed by atoms with E-state index in [4.69, 9.17) is 9.47 Å². The van der Waals surface area contributed by atoms with E-state index in [2.05, 4.69) is 39.1 Å². The highest BCUT2D eigenvalue weighted by Crippen LogP contribution is 2.40. The number of fused-ring (bicyclic) bond motifs is 2. The maximum Gasteiger partial charge on any atom is 0.342 e. The van der Waals surface area contributed by atoms with Crippen molar-refractivity contribution in [1.29, 1.82) is 0 Å². The number of carbonyl (C=O) groups is 1. The van der Waals surface area contributed by atoms with E-state index in [9.17, 15) is 4.79 Å². The molecule has 0 N–H and O–H groups in total. The van der Waals surface area contributed by atoms with E-state index in [0.29, 0.717) is 23.1 Å². The van der Waals surface area contributed by atoms with Crippen molar-refractivity contribution in [3.63, 3.8) is 0 Å². The zero-order valence-corrected chi connectivity index (χ0v) is 27.7. The van der Waals surface area contributed by atoms with Crippen LogP contribution in [-0.4, -0.2) is 52.2 Å². The summed E-state index contributed by atoms with van der Waals surface area (Å²) in [6, 6.07) is 17.4. The van der Waals surface area contributed by atoms with Crippen molar-refractivity contribution in [2.24, 2.45) is 7.05 Å². The monoisotopic (exact) mass is 618 g/mol. The molecule has 2 aromatic heterocycles. The molecule has 2 aromatic carbocycles. The first-order chi connectivity index (χ1) is 22.2. The summed E-state index contributed by atoms with van der Waals surface area (Å²) >= 11 is 0. The Morgan fingerprint density at radius 3 is 2.59 bits per heavy atom. The number of hydrogen-bond donors (Lipinski definition) is 0. The van der Waals surface area contributed by atoms with Gasteiger partial charge >= 0.3 is 5.97 Å². The van der Waals surface area contributed by atoms with Gasteiger partial charge in [-0.1, -0.05) is 30.7 Å². The number of anilines is 1. The van der Waals surface area contributed by atoms with Crippen LogP contribution < -0.4 is 9.64 Å². The molecular weight excluding hydrogens is 572 g/mol. The lowest BCUT2D eigenvalue weighted by Crippen LogP contribution is -2.47. The second-order valence-electron chi connectivity index (χ2n) is 14.1. The van der Waals surface area contributed by atoms with E-state index in [1.807, 2.05) is 68.9 Å². The predicted octanol–water partition coefficient (Wildman–Crippen LogP) is 8.48. The lowest BCUT2D eigenvalue weighted by Gasteiger charge is -2.41. The van der Waals surface area contributed by atoms with Crippen LogP contribution in [-0.2, 0) is 18.2 Å². The minimum atomic E-state index is -0.612. The van der Waals surface area contributed by atoms with Crippen LogP contribution >= 0.6 is 0 Å². The van der Waals surface area contributed by atoms with E-state index in [1.165, 1.54) is 50.5 Å². The minimum Gasteiger partial charge on any atom is -0.456 e. The van der Waals surface area contributed by atoms with Gasteiger partial charge in [0.05, 0.1) is 6.20 Å². The molecule has 1 unspecified atom stereocenters. The molecule has 0 spiro atoms. The number of piperazine rings is 1. The number of allylic oxidation sites excluding steroid dienone is 2. The van der Waals surface area contributed by atoms with Gasteiger partial charge in [0.25, 0.3) is 0 Å². The minimum absolute atomic E-state index is 0.396. The van der Waals surface area contributed by atoms with Gasteiger partial charge in [-0.15, -0.1) is 0 Å². The zero-order valence-electron chi connectivity index (χ0n) is 27.7. The van der Waals surface area contributed by atoms with Crippen molar-refractivity contribution in [1.82, 2.24) is 14.5 Å². The molecule has 0 bridgehead atoms. The van der Waals surface area contributed by atoms with E-state index >= 15 is 0 Å². The Bertz CT molecular complexity index is 1770. The van der Waals surface area contributed by atoms with Crippen molar-refractivity contribution in [3.05, 3.63) is 89.3 Å². The molecule has 3 aliphatic rings. The summed E-state index contributed by atoms with van der Waals surface area (Å²) in [6.07, 6.45) is 14.8. The highest BCUT2D eigenvalue weighted by Gasteiger charge is 2.30. The molecule has 7 rings (SSSR count). The van der Waals surface area contributed by atoms with Crippen LogP contribution in [0.4, 0.5) is 5.69 Å². The molecule has 240 valence electrons. The SMILES string of the molecule is Cn1ccc2cc(Oc3cc(N4CCN(C5CCCCc6c(C7=CCCC7)cccc65)CC4)ccc3C(=O)OC(C)(C)C)cnc21. The molecule has 7 heteroatoms. The Balaban J connectivity index is 1.12. The topological polar surface area (TPSA) is 59.8 Å². The van der Waals surface area contributed by atoms with Gasteiger partial charge in [-0.3, -0.25) is 4.90 Å². The van der Waals surface area contributed by atoms with Crippen molar-refractivity contribution < 1.29 is 14.3 Å². The fourth-order valence-corrected chi connectivity index (χ4v) is 7.49. The number of nitrogens with zero attached hydrogens (tertiary/aromatic N) is 4. The molecule has 3 heterocycles. The van der Waals surface area contributed by atoms with Gasteiger partial charge < -0.3 is 18.9 Å². The summed E-state index contributed by atoms with van der Waals surface area (Å²) in [6.45, 7) is 9.47. The lowest BCUT2D eigenvalue weighted by atomic mass is 9.89. The van der Waals surface area contributed by atoms with Crippen molar-refractivity contribution in [3.8, 4) is 11.5 Å². The van der Waals surface area contributed by atoms with Gasteiger partial charge in [-0.05, 0) is 106 Å². The first kappa shape index (κ1) is 30.5. The van der Waals surface area contributed by atoms with Gasteiger partial charge in [0.2, 0.25) is 0 Å². The highest BCUT2D eigenvalue weighted by molar-refractivity contribution is 5.93. The van der Waals surface area contributed by atoms with Crippen LogP contribution in [0.2, 0.25) is 0 Å². The number of pyridine rings is 1. The van der Waals surface area contributed by atoms with Gasteiger partial charge in [-0.25, -0.2) is 9.78 Å². The highest BCUT2D eigenvalue weighted by atomic mass is 16.6. The van der Waals surface area contributed by atoms with E-state index in [1.54, 1.807) is 22.9 Å². The molecule has 4 aromatic rings. The van der Waals surface area contributed by atoms with Gasteiger partial charge in [0.15, 0.2) is 0 Å². The van der Waals surface area contributed by atoms with E-state index in [-0.39, 0.29) is 0 Å². The molecule has 1 saturated heterocycles. The van der Waals surface area contributed by atoms with Crippen LogP contribution in [0.3, 0.4) is 0 Å². The van der Waals surface area contributed by atoms with Gasteiger partial charge in [0.1, 0.15) is 28.3 Å². The third-order valence-corrected chi connectivity index (χ3v) is 9.73. The lowest BCUT2D eigenvalue weighted by molar-refractivity contribution is 0.00672. The zero-order chi connectivity index (χ0) is 31.8. The summed E-state index contributed by atoms with van der Waals surface area (Å²) in [5.74, 6) is 0.676. The number of carbonyl (C=O) groups excluding carboxylic acids is 1. The molecule has 0 saturated carbocycles. The molecule has 0 radical (unpaired) electrons. The Labute approximate surface area is 272 Å². The van der Waals surface area contributed by atoms with Gasteiger partial charge in [-0.2, -0.15) is 0 Å². The number of esters is 1. The van der Waals surface area contributed by atoms with Crippen LogP contribution in [0, 0.1) is 0 Å². The fraction of sp³-hybridized carbons (Fsp3) is 0.436. The summed E-state index contributed by atoms with van der Waals surface area (Å²) in [4.78, 5) is 23.0. The normalized spacial score (nSPS) is 19.1. The van der Waals surface area contributed by atoms with Crippen LogP contribution in [0.25, 0.3) is 16.6 Å². The molecule has 1 aliphatic heterocycles. The third-order valence-electron chi connectivity index (χ3n) is 9.73. The molecule has 1 fully saturated rings. The number of hydrogen-bond acceptors (Lipinski definition) is 6. The summed E-state index contributed by atoms with van der Waals surface area (Å²) in [5.41, 5.74) is 7.96. The predicted molar refractivity (Wildman–Crippen MR) is 185 cm³/mol. The summed E-state index contributed by atoms with van der Waals surface area (Å²) in [7, 11) is 1.97. The van der Waals surface area contributed by atoms with Crippen LogP contribution in [0.15, 0.2) is 67.0 Å². The number of benzene rings is 2. The Hall–Kier alpha value is -4.10. The number of ether oxygens (including phenoxy) is 2. The molecule has 2 aliphatic carbocycles. The molecule has 1 atom stereocenters. The molecule has 0 amide bonds. The first-order valence-corrected chi connectivity index (χ1v) is 17.0. The van der Waals surface area contributed by atoms with Gasteiger partial charge in [0, 0.05) is 62.6 Å². The fourth-order valence-electron chi connectivity index (χ4n) is 7.49. The van der Waals surface area contributed by atoms with Crippen LogP contribution in [0.5, 0.6) is 11.5 Å². The third kappa shape index (κ3) is 6.30. The summed E-state index contributed by atoms with van der Waals surface area (Å²) in [5, 5.41) is 0.985. The van der Waals surface area contributed by atoms with Crippen molar-refractivity contribution in [2.45, 2.75) is 77.4 Å². The second kappa shape index (κ2) is 12.6. The Morgan fingerprint density at radius 2 is 1.80 bits per heavy atom. The smallest absolute Gasteiger partial charge is 0.342 e. The number of aryl methyl sites for hydroxylation is 1. The molecule has 7 nitrogen and oxygen atoms in total. The average molecular weight is 619 g/mol.